The molecule has 1 aromatic heterocycles. The zero-order valence-electron chi connectivity index (χ0n) is 11.2. The van der Waals surface area contributed by atoms with E-state index in [4.69, 9.17) is 0 Å². The van der Waals surface area contributed by atoms with Gasteiger partial charge in [0.1, 0.15) is 0 Å². The van der Waals surface area contributed by atoms with Gasteiger partial charge in [-0.15, -0.1) is 11.3 Å². The van der Waals surface area contributed by atoms with E-state index in [1.165, 1.54) is 32.1 Å². The molecule has 0 aromatic carbocycles. The van der Waals surface area contributed by atoms with Gasteiger partial charge in [0, 0.05) is 9.75 Å². The molecule has 17 heavy (non-hydrogen) atoms. The van der Waals surface area contributed by atoms with Crippen molar-refractivity contribution in [2.24, 2.45) is 5.92 Å². The fourth-order valence-electron chi connectivity index (χ4n) is 3.56. The lowest BCUT2D eigenvalue weighted by atomic mass is 9.78. The van der Waals surface area contributed by atoms with E-state index in [9.17, 15) is 0 Å². The summed E-state index contributed by atoms with van der Waals surface area (Å²) in [7, 11) is 0. The van der Waals surface area contributed by atoms with Crippen LogP contribution in [-0.4, -0.2) is 0 Å². The third-order valence-electron chi connectivity index (χ3n) is 4.52. The maximum atomic E-state index is 2.41. The van der Waals surface area contributed by atoms with Gasteiger partial charge in [-0.05, 0) is 62.1 Å². The van der Waals surface area contributed by atoms with E-state index in [1.807, 2.05) is 11.3 Å². The molecule has 0 saturated heterocycles. The van der Waals surface area contributed by atoms with Crippen LogP contribution in [0.3, 0.4) is 0 Å². The fourth-order valence-corrected chi connectivity index (χ4v) is 4.86. The number of hydrogen-bond acceptors (Lipinski definition) is 1. The highest BCUT2D eigenvalue weighted by Crippen LogP contribution is 2.45. The number of aryl methyl sites for hydroxylation is 1. The van der Waals surface area contributed by atoms with Gasteiger partial charge < -0.3 is 0 Å². The molecule has 1 heteroatoms. The SMILES string of the molecule is CC1=Cc2sc(C)c(C3CCC(C)CC3)c2C1. The topological polar surface area (TPSA) is 0 Å². The number of fused-ring (bicyclic) bond motifs is 1. The maximum absolute atomic E-state index is 2.41. The van der Waals surface area contributed by atoms with E-state index < -0.39 is 0 Å². The van der Waals surface area contributed by atoms with Crippen molar-refractivity contribution in [2.75, 3.05) is 0 Å². The van der Waals surface area contributed by atoms with Gasteiger partial charge >= 0.3 is 0 Å². The number of allylic oxidation sites excluding steroid dienone is 1. The second-order valence-electron chi connectivity index (χ2n) is 6.04. The Kier molecular flexibility index (Phi) is 2.90. The third kappa shape index (κ3) is 1.99. The average Bonchev–Trinajstić information content (AvgIpc) is 2.75. The largest absolute Gasteiger partial charge is 0.141 e. The molecule has 0 atom stereocenters. The molecule has 1 fully saturated rings. The van der Waals surface area contributed by atoms with Crippen LogP contribution >= 0.6 is 11.3 Å². The van der Waals surface area contributed by atoms with Gasteiger partial charge in [-0.3, -0.25) is 0 Å². The standard InChI is InChI=1S/C16H22S/c1-10-4-6-13(7-5-10)16-12(3)17-15-9-11(2)8-14(15)16/h9-10,13H,4-8H2,1-3H3. The average molecular weight is 246 g/mol. The highest BCUT2D eigenvalue weighted by molar-refractivity contribution is 7.13. The lowest BCUT2D eigenvalue weighted by Gasteiger charge is -2.27. The molecule has 2 aliphatic carbocycles. The van der Waals surface area contributed by atoms with Crippen LogP contribution in [0.25, 0.3) is 6.08 Å². The summed E-state index contributed by atoms with van der Waals surface area (Å²) >= 11 is 2.03. The Bertz CT molecular complexity index is 456. The van der Waals surface area contributed by atoms with Crippen LogP contribution in [0.15, 0.2) is 5.57 Å². The second-order valence-corrected chi connectivity index (χ2v) is 7.30. The number of rotatable bonds is 1. The summed E-state index contributed by atoms with van der Waals surface area (Å²) in [4.78, 5) is 3.16. The first-order chi connectivity index (χ1) is 8.15. The minimum atomic E-state index is 0.866. The molecule has 0 N–H and O–H groups in total. The molecule has 0 unspecified atom stereocenters. The van der Waals surface area contributed by atoms with Crippen molar-refractivity contribution >= 4 is 17.4 Å². The molecule has 0 aliphatic heterocycles. The predicted octanol–water partition coefficient (Wildman–Crippen LogP) is 5.31. The summed E-state index contributed by atoms with van der Waals surface area (Å²) in [6, 6.07) is 0. The molecule has 1 aromatic rings. The van der Waals surface area contributed by atoms with Crippen molar-refractivity contribution in [1.29, 1.82) is 0 Å². The molecule has 0 spiro atoms. The monoisotopic (exact) mass is 246 g/mol. The van der Waals surface area contributed by atoms with E-state index >= 15 is 0 Å². The molecule has 1 saturated carbocycles. The lowest BCUT2D eigenvalue weighted by molar-refractivity contribution is 0.347. The van der Waals surface area contributed by atoms with Crippen molar-refractivity contribution in [3.63, 3.8) is 0 Å². The summed E-state index contributed by atoms with van der Waals surface area (Å²) in [5, 5.41) is 0. The first kappa shape index (κ1) is 11.5. The van der Waals surface area contributed by atoms with Gasteiger partial charge in [-0.1, -0.05) is 25.3 Å². The molecule has 0 bridgehead atoms. The predicted molar refractivity (Wildman–Crippen MR) is 76.8 cm³/mol. The van der Waals surface area contributed by atoms with Crippen LogP contribution in [0.1, 0.15) is 66.3 Å². The molecule has 1 heterocycles. The van der Waals surface area contributed by atoms with Gasteiger partial charge in [0.15, 0.2) is 0 Å². The highest BCUT2D eigenvalue weighted by Gasteiger charge is 2.27. The summed E-state index contributed by atoms with van der Waals surface area (Å²) in [6.45, 7) is 7.02. The van der Waals surface area contributed by atoms with Crippen LogP contribution in [0.5, 0.6) is 0 Å². The number of thiophene rings is 1. The summed E-state index contributed by atoms with van der Waals surface area (Å²) in [6.07, 6.45) is 9.33. The summed E-state index contributed by atoms with van der Waals surface area (Å²) in [5.74, 6) is 1.82. The van der Waals surface area contributed by atoms with Crippen molar-refractivity contribution < 1.29 is 0 Å². The van der Waals surface area contributed by atoms with Crippen molar-refractivity contribution in [1.82, 2.24) is 0 Å². The van der Waals surface area contributed by atoms with E-state index in [0.29, 0.717) is 0 Å². The highest BCUT2D eigenvalue weighted by atomic mass is 32.1. The first-order valence-electron chi connectivity index (χ1n) is 6.94. The zero-order valence-corrected chi connectivity index (χ0v) is 12.0. The van der Waals surface area contributed by atoms with Crippen molar-refractivity contribution in [2.45, 2.75) is 58.8 Å². The molecule has 0 amide bonds. The smallest absolute Gasteiger partial charge is 0.0310 e. The Labute approximate surface area is 109 Å². The summed E-state index contributed by atoms with van der Waals surface area (Å²) in [5.41, 5.74) is 4.98. The van der Waals surface area contributed by atoms with Crippen LogP contribution in [-0.2, 0) is 6.42 Å². The molecular weight excluding hydrogens is 224 g/mol. The minimum absolute atomic E-state index is 0.866. The first-order valence-corrected chi connectivity index (χ1v) is 7.76. The molecule has 92 valence electrons. The van der Waals surface area contributed by atoms with Crippen LogP contribution in [0, 0.1) is 12.8 Å². The molecule has 3 rings (SSSR count). The van der Waals surface area contributed by atoms with Gasteiger partial charge in [0.05, 0.1) is 0 Å². The molecule has 0 radical (unpaired) electrons. The van der Waals surface area contributed by atoms with E-state index in [1.54, 1.807) is 26.5 Å². The summed E-state index contributed by atoms with van der Waals surface area (Å²) < 4.78 is 0. The Morgan fingerprint density at radius 2 is 1.82 bits per heavy atom. The third-order valence-corrected chi connectivity index (χ3v) is 5.63. The Balaban J connectivity index is 1.90. The van der Waals surface area contributed by atoms with Crippen LogP contribution in [0.4, 0.5) is 0 Å². The second kappa shape index (κ2) is 4.28. The number of hydrogen-bond donors (Lipinski definition) is 0. The van der Waals surface area contributed by atoms with E-state index in [0.717, 1.165) is 11.8 Å². The van der Waals surface area contributed by atoms with Gasteiger partial charge in [-0.25, -0.2) is 0 Å². The molecule has 2 aliphatic rings. The minimum Gasteiger partial charge on any atom is -0.141 e. The van der Waals surface area contributed by atoms with Crippen molar-refractivity contribution in [3.8, 4) is 0 Å². The Hall–Kier alpha value is -0.560. The molecule has 0 nitrogen and oxygen atoms in total. The Morgan fingerprint density at radius 1 is 1.12 bits per heavy atom. The normalized spacial score (nSPS) is 28.1. The van der Waals surface area contributed by atoms with Crippen LogP contribution in [0.2, 0.25) is 0 Å². The van der Waals surface area contributed by atoms with E-state index in [2.05, 4.69) is 26.8 Å². The maximum Gasteiger partial charge on any atom is 0.0310 e. The van der Waals surface area contributed by atoms with Crippen LogP contribution < -0.4 is 0 Å². The van der Waals surface area contributed by atoms with Gasteiger partial charge in [0.25, 0.3) is 0 Å². The van der Waals surface area contributed by atoms with Gasteiger partial charge in [0.2, 0.25) is 0 Å². The van der Waals surface area contributed by atoms with E-state index in [-0.39, 0.29) is 0 Å². The quantitative estimate of drug-likeness (QED) is 0.630. The zero-order chi connectivity index (χ0) is 12.0. The molecular formula is C16H22S. The fraction of sp³-hybridized carbons (Fsp3) is 0.625. The Morgan fingerprint density at radius 3 is 2.53 bits per heavy atom. The van der Waals surface area contributed by atoms with Crippen molar-refractivity contribution in [3.05, 3.63) is 26.5 Å². The van der Waals surface area contributed by atoms with Gasteiger partial charge in [-0.2, -0.15) is 0 Å². The lowest BCUT2D eigenvalue weighted by Crippen LogP contribution is -2.12.